The second-order valence-electron chi connectivity index (χ2n) is 14.2. The summed E-state index contributed by atoms with van der Waals surface area (Å²) in [6.07, 6.45) is -15.2. The average Bonchev–Trinajstić information content (AvgIpc) is 3.29. The van der Waals surface area contributed by atoms with Crippen LogP contribution in [0.15, 0.2) is 152 Å². The maximum absolute atomic E-state index is 13.9. The fraction of sp³-hybridized carbons (Fsp3) is 0.255. The first-order valence-corrected chi connectivity index (χ1v) is 19.5. The molecule has 5 aromatic carbocycles. The smallest absolute Gasteiger partial charge is 0.338 e. The molecule has 0 aromatic heterocycles. The summed E-state index contributed by atoms with van der Waals surface area (Å²) in [6, 6.07) is 40.0. The van der Waals surface area contributed by atoms with Crippen molar-refractivity contribution < 1.29 is 67.0 Å². The molecule has 2 saturated heterocycles. The van der Waals surface area contributed by atoms with Gasteiger partial charge in [-0.2, -0.15) is 0 Å². The number of hydrogen-bond donors (Lipinski definition) is 1. The first-order chi connectivity index (χ1) is 29.6. The van der Waals surface area contributed by atoms with Crippen LogP contribution >= 0.6 is 0 Å². The van der Waals surface area contributed by atoms with E-state index in [-0.39, 0.29) is 27.8 Å². The molecule has 14 heteroatoms. The Balaban J connectivity index is 1.28. The van der Waals surface area contributed by atoms with Crippen LogP contribution in [0.2, 0.25) is 0 Å². The van der Waals surface area contributed by atoms with Gasteiger partial charge in [0.25, 0.3) is 0 Å². The highest BCUT2D eigenvalue weighted by atomic mass is 16.8. The first-order valence-electron chi connectivity index (χ1n) is 19.5. The molecule has 0 saturated carbocycles. The topological polar surface area (TPSA) is 179 Å². The standard InChI is InChI=1S/C47H42O14/c1-28-35(56-41(48)30-18-8-3-9-19-30)37(58-43(50)32-22-12-5-13-23-32)39(46(53)54-28)61-47-40(60-45(52)34-26-16-7-17-27-34)38(59-44(51)33-24-14-6-15-25-33)36(29(2)55-47)57-42(49)31-20-10-4-11-21-31/h3-29,35-40,46-47,53H,1-2H3/t28-,29-,35-,36-,37+,38+,39+,40+,46+,47-/m0/s1. The van der Waals surface area contributed by atoms with Crippen LogP contribution in [-0.2, 0) is 37.9 Å². The lowest BCUT2D eigenvalue weighted by molar-refractivity contribution is -0.353. The molecule has 7 rings (SSSR count). The molecule has 0 spiro atoms. The number of ether oxygens (including phenoxy) is 8. The maximum atomic E-state index is 13.9. The van der Waals surface area contributed by atoms with Gasteiger partial charge in [0.2, 0.25) is 0 Å². The van der Waals surface area contributed by atoms with Crippen molar-refractivity contribution in [3.8, 4) is 0 Å². The zero-order valence-corrected chi connectivity index (χ0v) is 33.0. The summed E-state index contributed by atoms with van der Waals surface area (Å²) in [5, 5.41) is 11.6. The minimum Gasteiger partial charge on any atom is -0.452 e. The monoisotopic (exact) mass is 830 g/mol. The predicted octanol–water partition coefficient (Wildman–Crippen LogP) is 5.98. The summed E-state index contributed by atoms with van der Waals surface area (Å²) >= 11 is 0. The third-order valence-corrected chi connectivity index (χ3v) is 10.0. The minimum atomic E-state index is -1.86. The van der Waals surface area contributed by atoms with E-state index in [1.807, 2.05) is 0 Å². The Bertz CT molecular complexity index is 2260. The number of esters is 5. The maximum Gasteiger partial charge on any atom is 0.338 e. The fourth-order valence-electron chi connectivity index (χ4n) is 6.92. The van der Waals surface area contributed by atoms with E-state index in [1.165, 1.54) is 74.5 Å². The highest BCUT2D eigenvalue weighted by Gasteiger charge is 2.56. The zero-order chi connectivity index (χ0) is 42.9. The Kier molecular flexibility index (Phi) is 13.6. The highest BCUT2D eigenvalue weighted by Crippen LogP contribution is 2.35. The van der Waals surface area contributed by atoms with Crippen LogP contribution < -0.4 is 0 Å². The van der Waals surface area contributed by atoms with Gasteiger partial charge in [-0.3, -0.25) is 0 Å². The van der Waals surface area contributed by atoms with Crippen LogP contribution in [0.4, 0.5) is 0 Å². The average molecular weight is 831 g/mol. The van der Waals surface area contributed by atoms with Crippen LogP contribution in [0, 0.1) is 0 Å². The van der Waals surface area contributed by atoms with Crippen molar-refractivity contribution in [3.05, 3.63) is 179 Å². The van der Waals surface area contributed by atoms with E-state index >= 15 is 0 Å². The van der Waals surface area contributed by atoms with Gasteiger partial charge in [0.1, 0.15) is 0 Å². The molecule has 0 radical (unpaired) electrons. The summed E-state index contributed by atoms with van der Waals surface area (Å²) < 4.78 is 48.7. The summed E-state index contributed by atoms with van der Waals surface area (Å²) in [6.45, 7) is 3.03. The molecule has 0 aliphatic carbocycles. The number of aliphatic hydroxyl groups is 1. The van der Waals surface area contributed by atoms with Crippen molar-refractivity contribution in [3.63, 3.8) is 0 Å². The van der Waals surface area contributed by atoms with Gasteiger partial charge in [-0.05, 0) is 74.5 Å². The largest absolute Gasteiger partial charge is 0.452 e. The van der Waals surface area contributed by atoms with Crippen LogP contribution in [0.3, 0.4) is 0 Å². The van der Waals surface area contributed by atoms with Gasteiger partial charge in [0.15, 0.2) is 49.2 Å². The number of hydrogen-bond acceptors (Lipinski definition) is 14. The number of carbonyl (C=O) groups excluding carboxylic acids is 5. The molecule has 0 unspecified atom stereocenters. The van der Waals surface area contributed by atoms with Gasteiger partial charge in [-0.25, -0.2) is 24.0 Å². The lowest BCUT2D eigenvalue weighted by Crippen LogP contribution is -2.65. The molecule has 0 amide bonds. The van der Waals surface area contributed by atoms with Crippen LogP contribution in [-0.4, -0.2) is 96.4 Å². The van der Waals surface area contributed by atoms with Gasteiger partial charge in [-0.15, -0.1) is 0 Å². The Morgan fingerprint density at radius 1 is 0.377 bits per heavy atom. The Morgan fingerprint density at radius 3 is 0.967 bits per heavy atom. The Labute approximate surface area is 350 Å². The summed E-state index contributed by atoms with van der Waals surface area (Å²) in [5.74, 6) is -4.20. The molecular weight excluding hydrogens is 789 g/mol. The molecule has 14 nitrogen and oxygen atoms in total. The van der Waals surface area contributed by atoms with E-state index in [2.05, 4.69) is 0 Å². The van der Waals surface area contributed by atoms with E-state index in [9.17, 15) is 29.1 Å². The summed E-state index contributed by atoms with van der Waals surface area (Å²) in [5.41, 5.74) is 0.721. The van der Waals surface area contributed by atoms with E-state index in [0.29, 0.717) is 0 Å². The van der Waals surface area contributed by atoms with E-state index in [4.69, 9.17) is 37.9 Å². The number of aliphatic hydroxyl groups excluding tert-OH is 1. The van der Waals surface area contributed by atoms with Gasteiger partial charge < -0.3 is 43.0 Å². The molecule has 314 valence electrons. The first kappa shape index (κ1) is 42.4. The molecular formula is C47H42O14. The molecule has 10 atom stereocenters. The van der Waals surface area contributed by atoms with Crippen molar-refractivity contribution in [1.29, 1.82) is 0 Å². The zero-order valence-electron chi connectivity index (χ0n) is 33.0. The third kappa shape index (κ3) is 10.2. The molecule has 2 heterocycles. The third-order valence-electron chi connectivity index (χ3n) is 10.0. The van der Waals surface area contributed by atoms with Gasteiger partial charge >= 0.3 is 29.8 Å². The van der Waals surface area contributed by atoms with Crippen LogP contribution in [0.1, 0.15) is 65.6 Å². The fourth-order valence-corrected chi connectivity index (χ4v) is 6.92. The van der Waals surface area contributed by atoms with Crippen molar-refractivity contribution in [2.45, 2.75) is 75.3 Å². The van der Waals surface area contributed by atoms with Gasteiger partial charge in [0.05, 0.1) is 40.0 Å². The van der Waals surface area contributed by atoms with Crippen molar-refractivity contribution in [2.75, 3.05) is 0 Å². The number of carbonyl (C=O) groups is 5. The van der Waals surface area contributed by atoms with Crippen molar-refractivity contribution in [1.82, 2.24) is 0 Å². The quantitative estimate of drug-likeness (QED) is 0.115. The van der Waals surface area contributed by atoms with Gasteiger partial charge in [0, 0.05) is 0 Å². The molecule has 1 N–H and O–H groups in total. The second-order valence-corrected chi connectivity index (χ2v) is 14.2. The Hall–Kier alpha value is -6.71. The van der Waals surface area contributed by atoms with Gasteiger partial charge in [-0.1, -0.05) is 91.0 Å². The van der Waals surface area contributed by atoms with E-state index in [1.54, 1.807) is 91.0 Å². The van der Waals surface area contributed by atoms with E-state index < -0.39 is 91.3 Å². The van der Waals surface area contributed by atoms with Crippen molar-refractivity contribution >= 4 is 29.8 Å². The summed E-state index contributed by atoms with van der Waals surface area (Å²) in [7, 11) is 0. The normalized spacial score (nSPS) is 25.9. The number of rotatable bonds is 12. The minimum absolute atomic E-state index is 0.100. The second kappa shape index (κ2) is 19.6. The number of benzene rings is 5. The molecule has 0 bridgehead atoms. The SMILES string of the molecule is C[C@@H]1O[C@@H](O)[C@H](O[C@@H]2O[C@@H](C)[C@H](OC(=O)c3ccccc3)[C@@H](OC(=O)c3ccccc3)[C@H]2OC(=O)c2ccccc2)[C@H](OC(=O)c2ccccc2)[C@H]1OC(=O)c1ccccc1. The lowest BCUT2D eigenvalue weighted by Gasteiger charge is -2.47. The Morgan fingerprint density at radius 2 is 0.639 bits per heavy atom. The van der Waals surface area contributed by atoms with E-state index in [0.717, 1.165) is 0 Å². The van der Waals surface area contributed by atoms with Crippen molar-refractivity contribution in [2.24, 2.45) is 0 Å². The summed E-state index contributed by atoms with van der Waals surface area (Å²) in [4.78, 5) is 68.5. The lowest BCUT2D eigenvalue weighted by atomic mass is 9.96. The molecule has 2 fully saturated rings. The van der Waals surface area contributed by atoms with Crippen LogP contribution in [0.5, 0.6) is 0 Å². The molecule has 2 aliphatic heterocycles. The highest BCUT2D eigenvalue weighted by molar-refractivity contribution is 5.92. The molecule has 5 aromatic rings. The molecule has 2 aliphatic rings. The predicted molar refractivity (Wildman–Crippen MR) is 214 cm³/mol. The van der Waals surface area contributed by atoms with Crippen LogP contribution in [0.25, 0.3) is 0 Å². The molecule has 61 heavy (non-hydrogen) atoms.